The molecule has 19 heavy (non-hydrogen) atoms. The van der Waals surface area contributed by atoms with Gasteiger partial charge in [0.05, 0.1) is 6.61 Å². The van der Waals surface area contributed by atoms with Crippen LogP contribution in [0, 0.1) is 13.8 Å². The molecule has 0 aliphatic heterocycles. The van der Waals surface area contributed by atoms with Crippen molar-refractivity contribution in [3.05, 3.63) is 21.4 Å². The highest BCUT2D eigenvalue weighted by atomic mass is 32.1. The van der Waals surface area contributed by atoms with Gasteiger partial charge >= 0.3 is 0 Å². The number of carbonyl (C=O) groups is 2. The Kier molecular flexibility index (Phi) is 6.18. The van der Waals surface area contributed by atoms with Crippen molar-refractivity contribution in [3.63, 3.8) is 0 Å². The number of amides is 1. The maximum absolute atomic E-state index is 12.0. The standard InChI is InChI=1S/C14H21NO3S/c1-9(8-18-4)15-14(17)6-5-13(16)12-7-10(2)19-11(12)3/h7,9H,5-6,8H2,1-4H3,(H,15,17). The SMILES string of the molecule is COCC(C)NC(=O)CCC(=O)c1cc(C)sc1C. The third-order valence-corrected chi connectivity index (χ3v) is 3.71. The summed E-state index contributed by atoms with van der Waals surface area (Å²) in [6.45, 7) is 6.26. The number of hydrogen-bond acceptors (Lipinski definition) is 4. The van der Waals surface area contributed by atoms with Crippen molar-refractivity contribution in [1.82, 2.24) is 5.32 Å². The van der Waals surface area contributed by atoms with Crippen LogP contribution in [0.4, 0.5) is 0 Å². The van der Waals surface area contributed by atoms with Crippen LogP contribution in [0.3, 0.4) is 0 Å². The molecule has 0 radical (unpaired) electrons. The Bertz CT molecular complexity index is 454. The summed E-state index contributed by atoms with van der Waals surface area (Å²) in [5, 5.41) is 2.79. The molecule has 1 N–H and O–H groups in total. The number of nitrogens with one attached hydrogen (secondary N) is 1. The number of ether oxygens (including phenoxy) is 1. The van der Waals surface area contributed by atoms with E-state index in [4.69, 9.17) is 4.74 Å². The van der Waals surface area contributed by atoms with Crippen molar-refractivity contribution in [2.75, 3.05) is 13.7 Å². The summed E-state index contributed by atoms with van der Waals surface area (Å²) in [4.78, 5) is 25.8. The lowest BCUT2D eigenvalue weighted by Crippen LogP contribution is -2.35. The Morgan fingerprint density at radius 3 is 2.58 bits per heavy atom. The lowest BCUT2D eigenvalue weighted by atomic mass is 10.1. The maximum atomic E-state index is 12.0. The number of ketones is 1. The third-order valence-electron chi connectivity index (χ3n) is 2.74. The summed E-state index contributed by atoms with van der Waals surface area (Å²) in [5.41, 5.74) is 0.750. The van der Waals surface area contributed by atoms with Crippen LogP contribution in [0.25, 0.3) is 0 Å². The molecule has 1 rings (SSSR count). The quantitative estimate of drug-likeness (QED) is 0.782. The van der Waals surface area contributed by atoms with Crippen molar-refractivity contribution in [2.45, 2.75) is 39.7 Å². The molecule has 0 aromatic carbocycles. The van der Waals surface area contributed by atoms with Gasteiger partial charge in [-0.2, -0.15) is 0 Å². The van der Waals surface area contributed by atoms with Crippen LogP contribution in [0.2, 0.25) is 0 Å². The molecule has 106 valence electrons. The molecule has 4 nitrogen and oxygen atoms in total. The largest absolute Gasteiger partial charge is 0.383 e. The molecule has 1 heterocycles. The van der Waals surface area contributed by atoms with E-state index in [9.17, 15) is 9.59 Å². The van der Waals surface area contributed by atoms with Crippen LogP contribution in [0.15, 0.2) is 6.07 Å². The molecular formula is C14H21NO3S. The fourth-order valence-corrected chi connectivity index (χ4v) is 2.85. The summed E-state index contributed by atoms with van der Waals surface area (Å²) in [6, 6.07) is 1.87. The van der Waals surface area contributed by atoms with Gasteiger partial charge in [0.1, 0.15) is 0 Å². The van der Waals surface area contributed by atoms with E-state index in [1.165, 1.54) is 0 Å². The second kappa shape index (κ2) is 7.40. The van der Waals surface area contributed by atoms with Crippen LogP contribution in [0.1, 0.15) is 39.9 Å². The first-order chi connectivity index (χ1) is 8.93. The number of thiophene rings is 1. The maximum Gasteiger partial charge on any atom is 0.220 e. The highest BCUT2D eigenvalue weighted by molar-refractivity contribution is 7.12. The number of Topliss-reactive ketones (excluding diaryl/α,β-unsaturated/α-hetero) is 1. The molecule has 0 bridgehead atoms. The van der Waals surface area contributed by atoms with Gasteiger partial charge in [-0.05, 0) is 26.8 Å². The van der Waals surface area contributed by atoms with Gasteiger partial charge in [-0.3, -0.25) is 9.59 Å². The Hall–Kier alpha value is -1.20. The van der Waals surface area contributed by atoms with Gasteiger partial charge < -0.3 is 10.1 Å². The van der Waals surface area contributed by atoms with Gasteiger partial charge in [-0.25, -0.2) is 0 Å². The van der Waals surface area contributed by atoms with Crippen molar-refractivity contribution in [2.24, 2.45) is 0 Å². The first-order valence-corrected chi connectivity index (χ1v) is 7.14. The molecule has 0 saturated heterocycles. The first-order valence-electron chi connectivity index (χ1n) is 6.32. The summed E-state index contributed by atoms with van der Waals surface area (Å²) in [7, 11) is 1.59. The molecule has 1 aromatic heterocycles. The lowest BCUT2D eigenvalue weighted by Gasteiger charge is -2.12. The Labute approximate surface area is 118 Å². The average Bonchev–Trinajstić information content (AvgIpc) is 2.65. The second-order valence-corrected chi connectivity index (χ2v) is 6.13. The highest BCUT2D eigenvalue weighted by Crippen LogP contribution is 2.22. The Morgan fingerprint density at radius 2 is 2.05 bits per heavy atom. The number of hydrogen-bond donors (Lipinski definition) is 1. The average molecular weight is 283 g/mol. The molecule has 0 fully saturated rings. The molecule has 0 saturated carbocycles. The second-order valence-electron chi connectivity index (χ2n) is 4.67. The van der Waals surface area contributed by atoms with E-state index in [0.717, 1.165) is 15.3 Å². The van der Waals surface area contributed by atoms with Gasteiger partial charge in [-0.1, -0.05) is 0 Å². The molecular weight excluding hydrogens is 262 g/mol. The first kappa shape index (κ1) is 15.9. The molecule has 0 spiro atoms. The van der Waals surface area contributed by atoms with E-state index in [2.05, 4.69) is 5.32 Å². The van der Waals surface area contributed by atoms with Crippen LogP contribution in [0.5, 0.6) is 0 Å². The molecule has 5 heteroatoms. The third kappa shape index (κ3) is 5.12. The minimum absolute atomic E-state index is 0.0299. The zero-order valence-electron chi connectivity index (χ0n) is 11.9. The van der Waals surface area contributed by atoms with Crippen molar-refractivity contribution < 1.29 is 14.3 Å². The summed E-state index contributed by atoms with van der Waals surface area (Å²) >= 11 is 1.61. The van der Waals surface area contributed by atoms with Crippen LogP contribution < -0.4 is 5.32 Å². The van der Waals surface area contributed by atoms with Gasteiger partial charge in [0.15, 0.2) is 5.78 Å². The van der Waals surface area contributed by atoms with Gasteiger partial charge in [-0.15, -0.1) is 11.3 Å². The monoisotopic (exact) mass is 283 g/mol. The van der Waals surface area contributed by atoms with E-state index in [1.807, 2.05) is 26.8 Å². The highest BCUT2D eigenvalue weighted by Gasteiger charge is 2.14. The van der Waals surface area contributed by atoms with Crippen LogP contribution >= 0.6 is 11.3 Å². The van der Waals surface area contributed by atoms with E-state index in [1.54, 1.807) is 18.4 Å². The predicted octanol–water partition coefficient (Wildman–Crippen LogP) is 2.48. The fourth-order valence-electron chi connectivity index (χ4n) is 1.91. The Balaban J connectivity index is 2.42. The van der Waals surface area contributed by atoms with Crippen molar-refractivity contribution >= 4 is 23.0 Å². The van der Waals surface area contributed by atoms with Crippen LogP contribution in [-0.4, -0.2) is 31.4 Å². The number of aryl methyl sites for hydroxylation is 2. The van der Waals surface area contributed by atoms with Crippen molar-refractivity contribution in [3.8, 4) is 0 Å². The van der Waals surface area contributed by atoms with Gasteiger partial charge in [0, 0.05) is 41.3 Å². The molecule has 1 amide bonds. The predicted molar refractivity (Wildman–Crippen MR) is 76.8 cm³/mol. The van der Waals surface area contributed by atoms with Gasteiger partial charge in [0.25, 0.3) is 0 Å². The van der Waals surface area contributed by atoms with E-state index < -0.39 is 0 Å². The van der Waals surface area contributed by atoms with E-state index in [0.29, 0.717) is 6.61 Å². The zero-order valence-corrected chi connectivity index (χ0v) is 12.7. The topological polar surface area (TPSA) is 55.4 Å². The molecule has 1 unspecified atom stereocenters. The molecule has 1 atom stereocenters. The van der Waals surface area contributed by atoms with Gasteiger partial charge in [0.2, 0.25) is 5.91 Å². The zero-order chi connectivity index (χ0) is 14.4. The van der Waals surface area contributed by atoms with E-state index >= 15 is 0 Å². The minimum atomic E-state index is -0.109. The number of methoxy groups -OCH3 is 1. The smallest absolute Gasteiger partial charge is 0.220 e. The van der Waals surface area contributed by atoms with E-state index in [-0.39, 0.29) is 30.6 Å². The lowest BCUT2D eigenvalue weighted by molar-refractivity contribution is -0.122. The normalized spacial score (nSPS) is 12.2. The number of carbonyl (C=O) groups excluding carboxylic acids is 2. The summed E-state index contributed by atoms with van der Waals surface area (Å²) < 4.78 is 4.94. The molecule has 0 aliphatic rings. The fraction of sp³-hybridized carbons (Fsp3) is 0.571. The van der Waals surface area contributed by atoms with Crippen molar-refractivity contribution in [1.29, 1.82) is 0 Å². The summed E-state index contributed by atoms with van der Waals surface area (Å²) in [5.74, 6) is -0.0705. The minimum Gasteiger partial charge on any atom is -0.383 e. The summed E-state index contributed by atoms with van der Waals surface area (Å²) in [6.07, 6.45) is 0.476. The Morgan fingerprint density at radius 1 is 1.37 bits per heavy atom. The van der Waals surface area contributed by atoms with Crippen LogP contribution in [-0.2, 0) is 9.53 Å². The molecule has 0 aliphatic carbocycles. The molecule has 1 aromatic rings. The number of rotatable bonds is 7.